The third-order valence-corrected chi connectivity index (χ3v) is 5.31. The van der Waals surface area contributed by atoms with E-state index in [-0.39, 0.29) is 11.7 Å². The molecule has 0 unspecified atom stereocenters. The van der Waals surface area contributed by atoms with Crippen molar-refractivity contribution in [2.24, 2.45) is 0 Å². The fraction of sp³-hybridized carbons (Fsp3) is 0.136. The SMILES string of the molecule is C=CCn1c(SCC(=O)Nc2ccc(C)cc2)nnc1-c1cc2ccccc2o1. The number of nitrogens with one attached hydrogen (secondary N) is 1. The van der Waals surface area contributed by atoms with Crippen LogP contribution < -0.4 is 5.32 Å². The number of para-hydroxylation sites is 1. The second-order valence-corrected chi connectivity index (χ2v) is 7.50. The van der Waals surface area contributed by atoms with Crippen LogP contribution in [-0.4, -0.2) is 26.4 Å². The summed E-state index contributed by atoms with van der Waals surface area (Å²) in [7, 11) is 0. The van der Waals surface area contributed by atoms with Gasteiger partial charge in [0.1, 0.15) is 5.58 Å². The maximum atomic E-state index is 12.3. The van der Waals surface area contributed by atoms with Crippen molar-refractivity contribution in [1.82, 2.24) is 14.8 Å². The summed E-state index contributed by atoms with van der Waals surface area (Å²) in [4.78, 5) is 12.3. The van der Waals surface area contributed by atoms with E-state index >= 15 is 0 Å². The molecule has 1 amide bonds. The number of amides is 1. The summed E-state index contributed by atoms with van der Waals surface area (Å²) in [6, 6.07) is 17.4. The minimum Gasteiger partial charge on any atom is -0.453 e. The molecule has 2 heterocycles. The number of anilines is 1. The van der Waals surface area contributed by atoms with Crippen molar-refractivity contribution in [1.29, 1.82) is 0 Å². The predicted molar refractivity (Wildman–Crippen MR) is 116 cm³/mol. The molecular weight excluding hydrogens is 384 g/mol. The molecule has 2 aromatic carbocycles. The Kier molecular flexibility index (Phi) is 5.48. The fourth-order valence-electron chi connectivity index (χ4n) is 2.93. The van der Waals surface area contributed by atoms with Gasteiger partial charge in [-0.3, -0.25) is 9.36 Å². The summed E-state index contributed by atoms with van der Waals surface area (Å²) < 4.78 is 7.82. The molecule has 0 aliphatic carbocycles. The molecule has 0 aliphatic heterocycles. The minimum absolute atomic E-state index is 0.0997. The lowest BCUT2D eigenvalue weighted by Crippen LogP contribution is -2.14. The normalized spacial score (nSPS) is 10.9. The van der Waals surface area contributed by atoms with Crippen LogP contribution in [0.25, 0.3) is 22.6 Å². The summed E-state index contributed by atoms with van der Waals surface area (Å²) >= 11 is 1.33. The second kappa shape index (κ2) is 8.36. The number of carbonyl (C=O) groups is 1. The van der Waals surface area contributed by atoms with Crippen molar-refractivity contribution >= 4 is 34.3 Å². The van der Waals surface area contributed by atoms with Gasteiger partial charge < -0.3 is 9.73 Å². The molecule has 6 nitrogen and oxygen atoms in total. The number of hydrogen-bond acceptors (Lipinski definition) is 5. The number of hydrogen-bond donors (Lipinski definition) is 1. The maximum absolute atomic E-state index is 12.3. The Bertz CT molecular complexity index is 1130. The maximum Gasteiger partial charge on any atom is 0.234 e. The Hall–Kier alpha value is -3.32. The molecule has 0 aliphatic rings. The van der Waals surface area contributed by atoms with E-state index in [1.54, 1.807) is 6.08 Å². The van der Waals surface area contributed by atoms with Crippen LogP contribution in [-0.2, 0) is 11.3 Å². The highest BCUT2D eigenvalue weighted by Crippen LogP contribution is 2.29. The summed E-state index contributed by atoms with van der Waals surface area (Å²) in [6.07, 6.45) is 1.77. The number of benzene rings is 2. The Morgan fingerprint density at radius 3 is 2.76 bits per heavy atom. The zero-order valence-electron chi connectivity index (χ0n) is 16.0. The number of thioether (sulfide) groups is 1. The van der Waals surface area contributed by atoms with Gasteiger partial charge in [0.15, 0.2) is 10.9 Å². The van der Waals surface area contributed by atoms with Gasteiger partial charge in [0.05, 0.1) is 5.75 Å². The van der Waals surface area contributed by atoms with Crippen LogP contribution in [0.1, 0.15) is 5.56 Å². The molecule has 0 spiro atoms. The Labute approximate surface area is 172 Å². The summed E-state index contributed by atoms with van der Waals surface area (Å²) in [6.45, 7) is 6.34. The van der Waals surface area contributed by atoms with Crippen LogP contribution in [0.15, 0.2) is 76.8 Å². The molecule has 2 aromatic heterocycles. The molecule has 29 heavy (non-hydrogen) atoms. The van der Waals surface area contributed by atoms with Crippen LogP contribution in [0, 0.1) is 6.92 Å². The van der Waals surface area contributed by atoms with Crippen LogP contribution in [0.3, 0.4) is 0 Å². The molecule has 146 valence electrons. The summed E-state index contributed by atoms with van der Waals surface area (Å²) in [5.41, 5.74) is 2.71. The van der Waals surface area contributed by atoms with Crippen molar-refractivity contribution in [2.45, 2.75) is 18.6 Å². The Morgan fingerprint density at radius 1 is 1.21 bits per heavy atom. The first-order valence-electron chi connectivity index (χ1n) is 9.16. The van der Waals surface area contributed by atoms with E-state index in [0.29, 0.717) is 23.3 Å². The quantitative estimate of drug-likeness (QED) is 0.350. The lowest BCUT2D eigenvalue weighted by molar-refractivity contribution is -0.113. The van der Waals surface area contributed by atoms with Crippen molar-refractivity contribution in [3.8, 4) is 11.6 Å². The van der Waals surface area contributed by atoms with Gasteiger partial charge in [-0.15, -0.1) is 16.8 Å². The number of rotatable bonds is 7. The molecule has 0 bridgehead atoms. The second-order valence-electron chi connectivity index (χ2n) is 6.56. The van der Waals surface area contributed by atoms with E-state index in [0.717, 1.165) is 22.2 Å². The number of aromatic nitrogens is 3. The van der Waals surface area contributed by atoms with Crippen LogP contribution in [0.2, 0.25) is 0 Å². The molecule has 4 rings (SSSR count). The lowest BCUT2D eigenvalue weighted by Gasteiger charge is -2.07. The van der Waals surface area contributed by atoms with E-state index in [1.807, 2.05) is 66.1 Å². The topological polar surface area (TPSA) is 73.0 Å². The summed E-state index contributed by atoms with van der Waals surface area (Å²) in [5, 5.41) is 13.1. The number of carbonyl (C=O) groups excluding carboxylic acids is 1. The lowest BCUT2D eigenvalue weighted by atomic mass is 10.2. The van der Waals surface area contributed by atoms with Gasteiger partial charge >= 0.3 is 0 Å². The van der Waals surface area contributed by atoms with E-state index in [1.165, 1.54) is 11.8 Å². The number of furan rings is 1. The van der Waals surface area contributed by atoms with Crippen LogP contribution in [0.5, 0.6) is 0 Å². The van der Waals surface area contributed by atoms with Gasteiger partial charge in [-0.2, -0.15) is 0 Å². The van der Waals surface area contributed by atoms with Crippen molar-refractivity contribution in [3.63, 3.8) is 0 Å². The zero-order valence-corrected chi connectivity index (χ0v) is 16.8. The fourth-order valence-corrected chi connectivity index (χ4v) is 3.68. The van der Waals surface area contributed by atoms with Crippen molar-refractivity contribution in [2.75, 3.05) is 11.1 Å². The standard InChI is InChI=1S/C22H20N4O2S/c1-3-12-26-21(19-13-16-6-4-5-7-18(16)28-19)24-25-22(26)29-14-20(27)23-17-10-8-15(2)9-11-17/h3-11,13H,1,12,14H2,2H3,(H,23,27). The smallest absolute Gasteiger partial charge is 0.234 e. The first kappa shape index (κ1) is 19.0. The summed E-state index contributed by atoms with van der Waals surface area (Å²) in [5.74, 6) is 1.37. The molecule has 1 N–H and O–H groups in total. The van der Waals surface area contributed by atoms with Gasteiger partial charge in [-0.05, 0) is 31.2 Å². The number of aryl methyl sites for hydroxylation is 1. The highest BCUT2D eigenvalue weighted by Gasteiger charge is 2.18. The third kappa shape index (κ3) is 4.25. The number of fused-ring (bicyclic) bond motifs is 1. The van der Waals surface area contributed by atoms with E-state index < -0.39 is 0 Å². The van der Waals surface area contributed by atoms with Gasteiger partial charge in [-0.1, -0.05) is 53.7 Å². The predicted octanol–water partition coefficient (Wildman–Crippen LogP) is 4.92. The average molecular weight is 404 g/mol. The Balaban J connectivity index is 1.51. The van der Waals surface area contributed by atoms with E-state index in [9.17, 15) is 4.79 Å². The Morgan fingerprint density at radius 2 is 2.00 bits per heavy atom. The zero-order chi connectivity index (χ0) is 20.2. The molecule has 0 atom stereocenters. The molecule has 0 saturated heterocycles. The van der Waals surface area contributed by atoms with E-state index in [4.69, 9.17) is 4.42 Å². The van der Waals surface area contributed by atoms with Crippen molar-refractivity contribution in [3.05, 3.63) is 72.8 Å². The van der Waals surface area contributed by atoms with Crippen LogP contribution in [0.4, 0.5) is 5.69 Å². The van der Waals surface area contributed by atoms with Gasteiger partial charge in [0, 0.05) is 17.6 Å². The van der Waals surface area contributed by atoms with Gasteiger partial charge in [-0.25, -0.2) is 0 Å². The molecule has 0 fully saturated rings. The highest BCUT2D eigenvalue weighted by molar-refractivity contribution is 7.99. The molecule has 0 saturated carbocycles. The van der Waals surface area contributed by atoms with Crippen molar-refractivity contribution < 1.29 is 9.21 Å². The largest absolute Gasteiger partial charge is 0.453 e. The third-order valence-electron chi connectivity index (χ3n) is 4.34. The average Bonchev–Trinajstić information content (AvgIpc) is 3.32. The van der Waals surface area contributed by atoms with Gasteiger partial charge in [0.2, 0.25) is 11.7 Å². The number of nitrogens with zero attached hydrogens (tertiary/aromatic N) is 3. The molecule has 4 aromatic rings. The minimum atomic E-state index is -0.0997. The monoisotopic (exact) mass is 404 g/mol. The number of allylic oxidation sites excluding steroid dienone is 1. The first-order chi connectivity index (χ1) is 14.1. The molecular formula is C22H20N4O2S. The van der Waals surface area contributed by atoms with Crippen LogP contribution >= 0.6 is 11.8 Å². The highest BCUT2D eigenvalue weighted by atomic mass is 32.2. The molecule has 0 radical (unpaired) electrons. The molecule has 7 heteroatoms. The first-order valence-corrected chi connectivity index (χ1v) is 10.1. The van der Waals surface area contributed by atoms with Gasteiger partial charge in [0.25, 0.3) is 0 Å². The van der Waals surface area contributed by atoms with E-state index in [2.05, 4.69) is 22.1 Å².